The van der Waals surface area contributed by atoms with Gasteiger partial charge in [-0.1, -0.05) is 12.1 Å². The van der Waals surface area contributed by atoms with Crippen molar-refractivity contribution in [3.8, 4) is 11.6 Å². The molecule has 0 aliphatic carbocycles. The first-order valence-electron chi connectivity index (χ1n) is 8.43. The van der Waals surface area contributed by atoms with Crippen LogP contribution in [-0.2, 0) is 13.1 Å². The second-order valence-corrected chi connectivity index (χ2v) is 5.89. The molecule has 10 heteroatoms. The monoisotopic (exact) mass is 397 g/mol. The van der Waals surface area contributed by atoms with Crippen molar-refractivity contribution in [3.05, 3.63) is 77.3 Å². The quantitative estimate of drug-likeness (QED) is 0.492. The highest BCUT2D eigenvalue weighted by Gasteiger charge is 2.20. The lowest BCUT2D eigenvalue weighted by atomic mass is 10.2. The molecule has 2 amide bonds. The normalized spacial score (nSPS) is 10.4. The Morgan fingerprint density at radius 2 is 1.55 bits per heavy atom. The van der Waals surface area contributed by atoms with E-state index in [-0.39, 0.29) is 18.9 Å². The van der Waals surface area contributed by atoms with Crippen LogP contribution in [0.25, 0.3) is 0 Å². The van der Waals surface area contributed by atoms with Crippen molar-refractivity contribution in [2.24, 2.45) is 0 Å². The van der Waals surface area contributed by atoms with Gasteiger partial charge >= 0.3 is 0 Å². The molecule has 148 valence electrons. The molecular formula is C19H16FN5O4. The molecule has 3 aromatic rings. The number of halogens is 1. The van der Waals surface area contributed by atoms with Crippen LogP contribution in [0.5, 0.6) is 11.6 Å². The Bertz CT molecular complexity index is 1030. The van der Waals surface area contributed by atoms with Crippen molar-refractivity contribution in [1.29, 1.82) is 0 Å². The van der Waals surface area contributed by atoms with Crippen molar-refractivity contribution in [3.63, 3.8) is 0 Å². The highest BCUT2D eigenvalue weighted by atomic mass is 19.1. The molecular weight excluding hydrogens is 381 g/mol. The van der Waals surface area contributed by atoms with Gasteiger partial charge in [0.15, 0.2) is 11.5 Å². The number of hydrogen-bond donors (Lipinski definition) is 4. The Morgan fingerprint density at radius 1 is 0.897 bits per heavy atom. The predicted octanol–water partition coefficient (Wildman–Crippen LogP) is 1.28. The zero-order valence-electron chi connectivity index (χ0n) is 15.0. The Kier molecular flexibility index (Phi) is 5.93. The van der Waals surface area contributed by atoms with Crippen LogP contribution in [0.1, 0.15) is 32.2 Å². The van der Waals surface area contributed by atoms with Crippen LogP contribution in [0, 0.1) is 5.82 Å². The highest BCUT2D eigenvalue weighted by molar-refractivity contribution is 5.95. The van der Waals surface area contributed by atoms with Crippen LogP contribution in [0.3, 0.4) is 0 Å². The third-order valence-electron chi connectivity index (χ3n) is 3.84. The van der Waals surface area contributed by atoms with Gasteiger partial charge in [0.25, 0.3) is 17.7 Å². The van der Waals surface area contributed by atoms with Crippen molar-refractivity contribution in [2.45, 2.75) is 13.1 Å². The molecule has 0 radical (unpaired) electrons. The molecule has 0 spiro atoms. The number of aromatic nitrogens is 3. The molecule has 0 saturated heterocycles. The minimum atomic E-state index is -0.792. The van der Waals surface area contributed by atoms with Crippen LogP contribution < -0.4 is 10.6 Å². The lowest BCUT2D eigenvalue weighted by molar-refractivity contribution is 0.0940. The number of carbonyl (C=O) groups is 2. The molecule has 0 bridgehead atoms. The maximum absolute atomic E-state index is 12.9. The van der Waals surface area contributed by atoms with E-state index in [1.165, 1.54) is 48.8 Å². The van der Waals surface area contributed by atoms with E-state index in [4.69, 9.17) is 0 Å². The fourth-order valence-electron chi connectivity index (χ4n) is 2.36. The molecule has 1 aromatic carbocycles. The number of amides is 2. The number of rotatable bonds is 6. The summed E-state index contributed by atoms with van der Waals surface area (Å²) in [6.45, 7) is -0.134. The molecule has 29 heavy (non-hydrogen) atoms. The van der Waals surface area contributed by atoms with Crippen molar-refractivity contribution >= 4 is 11.8 Å². The summed E-state index contributed by atoms with van der Waals surface area (Å²) >= 11 is 0. The van der Waals surface area contributed by atoms with Gasteiger partial charge in [-0.15, -0.1) is 0 Å². The fourth-order valence-corrected chi connectivity index (χ4v) is 2.36. The molecule has 0 fully saturated rings. The van der Waals surface area contributed by atoms with Crippen LogP contribution in [0.2, 0.25) is 0 Å². The van der Waals surface area contributed by atoms with Crippen LogP contribution in [-0.4, -0.2) is 37.0 Å². The lowest BCUT2D eigenvalue weighted by Crippen LogP contribution is -2.27. The summed E-state index contributed by atoms with van der Waals surface area (Å²) in [5.74, 6) is -3.26. The van der Waals surface area contributed by atoms with Gasteiger partial charge in [0, 0.05) is 24.5 Å². The topological polar surface area (TPSA) is 137 Å². The Morgan fingerprint density at radius 3 is 2.24 bits per heavy atom. The van der Waals surface area contributed by atoms with Gasteiger partial charge in [-0.2, -0.15) is 4.98 Å². The molecule has 0 aliphatic heterocycles. The van der Waals surface area contributed by atoms with Crippen molar-refractivity contribution < 1.29 is 24.2 Å². The number of nitrogens with zero attached hydrogens (tertiary/aromatic N) is 3. The molecule has 4 N–H and O–H groups in total. The zero-order chi connectivity index (χ0) is 20.8. The summed E-state index contributed by atoms with van der Waals surface area (Å²) in [6.07, 6.45) is 2.92. The minimum absolute atomic E-state index is 0.0530. The number of carbonyl (C=O) groups excluding carboxylic acids is 2. The third-order valence-corrected chi connectivity index (χ3v) is 3.84. The number of benzene rings is 1. The predicted molar refractivity (Wildman–Crippen MR) is 98.3 cm³/mol. The second-order valence-electron chi connectivity index (χ2n) is 5.89. The van der Waals surface area contributed by atoms with Gasteiger partial charge in [0.2, 0.25) is 5.75 Å². The summed E-state index contributed by atoms with van der Waals surface area (Å²) in [7, 11) is 0. The van der Waals surface area contributed by atoms with Crippen LogP contribution in [0.15, 0.2) is 48.8 Å². The van der Waals surface area contributed by atoms with Gasteiger partial charge < -0.3 is 20.8 Å². The largest absolute Gasteiger partial charge is 0.501 e. The molecule has 9 nitrogen and oxygen atoms in total. The van der Waals surface area contributed by atoms with E-state index in [1.807, 2.05) is 0 Å². The number of nitrogens with one attached hydrogen (secondary N) is 2. The molecule has 0 atom stereocenters. The van der Waals surface area contributed by atoms with Crippen molar-refractivity contribution in [2.75, 3.05) is 0 Å². The number of hydrogen-bond acceptors (Lipinski definition) is 7. The standard InChI is InChI=1S/C19H16FN5O4/c20-13-3-1-11(2-4-13)9-22-18(28)15-16(26)19(29)25-14(24-15)10-23-17(27)12-5-7-21-8-6-12/h1-8,26H,9-10H2,(H,22,28)(H,23,27)(H,24,25,29). The lowest BCUT2D eigenvalue weighted by Gasteiger charge is -2.10. The molecule has 2 heterocycles. The van der Waals surface area contributed by atoms with Gasteiger partial charge in [-0.25, -0.2) is 9.37 Å². The van der Waals surface area contributed by atoms with Crippen LogP contribution in [0.4, 0.5) is 4.39 Å². The average Bonchev–Trinajstić information content (AvgIpc) is 2.74. The first-order chi connectivity index (χ1) is 13.9. The van der Waals surface area contributed by atoms with E-state index < -0.39 is 35.0 Å². The summed E-state index contributed by atoms with van der Waals surface area (Å²) < 4.78 is 12.9. The van der Waals surface area contributed by atoms with E-state index in [2.05, 4.69) is 25.6 Å². The second kappa shape index (κ2) is 8.74. The number of pyridine rings is 1. The third kappa shape index (κ3) is 5.01. The first kappa shape index (κ1) is 19.7. The minimum Gasteiger partial charge on any atom is -0.501 e. The molecule has 0 unspecified atom stereocenters. The average molecular weight is 397 g/mol. The molecule has 0 saturated carbocycles. The van der Waals surface area contributed by atoms with Crippen LogP contribution >= 0.6 is 0 Å². The van der Waals surface area contributed by atoms with Crippen molar-refractivity contribution in [1.82, 2.24) is 25.6 Å². The van der Waals surface area contributed by atoms with Gasteiger partial charge in [0.05, 0.1) is 6.54 Å². The molecule has 2 aromatic heterocycles. The summed E-state index contributed by atoms with van der Waals surface area (Å²) in [4.78, 5) is 35.8. The molecule has 3 rings (SSSR count). The first-order valence-corrected chi connectivity index (χ1v) is 8.43. The summed E-state index contributed by atoms with van der Waals surface area (Å²) in [5, 5.41) is 24.7. The highest BCUT2D eigenvalue weighted by Crippen LogP contribution is 2.25. The van der Waals surface area contributed by atoms with E-state index in [1.54, 1.807) is 0 Å². The zero-order valence-corrected chi connectivity index (χ0v) is 15.0. The smallest absolute Gasteiger partial charge is 0.274 e. The van der Waals surface area contributed by atoms with Gasteiger partial charge in [-0.3, -0.25) is 14.6 Å². The van der Waals surface area contributed by atoms with E-state index >= 15 is 0 Å². The Balaban J connectivity index is 1.68. The van der Waals surface area contributed by atoms with E-state index in [0.29, 0.717) is 11.1 Å². The summed E-state index contributed by atoms with van der Waals surface area (Å²) in [5.41, 5.74) is 0.537. The fraction of sp³-hybridized carbons (Fsp3) is 0.105. The Labute approximate surface area is 164 Å². The van der Waals surface area contributed by atoms with Gasteiger partial charge in [0.1, 0.15) is 5.82 Å². The SMILES string of the molecule is O=C(NCc1nc(O)c(O)c(C(=O)NCc2ccc(F)cc2)n1)c1ccncc1. The molecule has 0 aliphatic rings. The van der Waals surface area contributed by atoms with E-state index in [0.717, 1.165) is 0 Å². The Hall–Kier alpha value is -4.08. The number of aromatic hydroxyl groups is 2. The summed E-state index contributed by atoms with van der Waals surface area (Å²) in [6, 6.07) is 8.51. The van der Waals surface area contributed by atoms with Gasteiger partial charge in [-0.05, 0) is 29.8 Å². The van der Waals surface area contributed by atoms with E-state index in [9.17, 15) is 24.2 Å². The maximum atomic E-state index is 12.9. The maximum Gasteiger partial charge on any atom is 0.274 e.